The van der Waals surface area contributed by atoms with Crippen molar-refractivity contribution in [3.63, 3.8) is 0 Å². The maximum absolute atomic E-state index is 11.8. The smallest absolute Gasteiger partial charge is 0.355 e. The highest BCUT2D eigenvalue weighted by Gasteiger charge is 2.26. The molecule has 1 rings (SSSR count). The number of unbranched alkanes of at least 4 members (excludes halogenated alkanes) is 1. The van der Waals surface area contributed by atoms with Crippen molar-refractivity contribution in [3.8, 4) is 0 Å². The van der Waals surface area contributed by atoms with E-state index < -0.39 is 12.6 Å². The maximum atomic E-state index is 11.8. The molecule has 0 aliphatic carbocycles. The van der Waals surface area contributed by atoms with Crippen molar-refractivity contribution in [2.45, 2.75) is 50.7 Å². The summed E-state index contributed by atoms with van der Waals surface area (Å²) in [5, 5.41) is 5.76. The van der Waals surface area contributed by atoms with Crippen molar-refractivity contribution < 1.29 is 18.0 Å². The van der Waals surface area contributed by atoms with Crippen molar-refractivity contribution >= 4 is 5.91 Å². The fourth-order valence-corrected chi connectivity index (χ4v) is 1.86. The number of carbonyl (C=O) groups excluding carboxylic acids is 1. The van der Waals surface area contributed by atoms with E-state index in [0.29, 0.717) is 13.0 Å². The molecule has 1 fully saturated rings. The van der Waals surface area contributed by atoms with E-state index in [-0.39, 0.29) is 18.4 Å². The third-order valence-electron chi connectivity index (χ3n) is 2.81. The van der Waals surface area contributed by atoms with Gasteiger partial charge in [0.1, 0.15) is 0 Å². The van der Waals surface area contributed by atoms with Crippen LogP contribution >= 0.6 is 0 Å². The Labute approximate surface area is 99.1 Å². The van der Waals surface area contributed by atoms with Crippen molar-refractivity contribution in [1.82, 2.24) is 10.6 Å². The third-order valence-corrected chi connectivity index (χ3v) is 2.81. The summed E-state index contributed by atoms with van der Waals surface area (Å²) < 4.78 is 35.5. The van der Waals surface area contributed by atoms with E-state index in [9.17, 15) is 18.0 Å². The first-order valence-electron chi connectivity index (χ1n) is 6.07. The molecule has 3 nitrogen and oxygen atoms in total. The van der Waals surface area contributed by atoms with Crippen LogP contribution in [0.5, 0.6) is 0 Å². The summed E-state index contributed by atoms with van der Waals surface area (Å²) in [6, 6.07) is -0.161. The second-order valence-corrected chi connectivity index (χ2v) is 4.37. The van der Waals surface area contributed by atoms with Crippen molar-refractivity contribution in [2.24, 2.45) is 0 Å². The number of rotatable bonds is 5. The van der Waals surface area contributed by atoms with E-state index in [2.05, 4.69) is 10.6 Å². The number of halogens is 3. The maximum Gasteiger partial charge on any atom is 0.389 e. The second kappa shape index (κ2) is 6.83. The average molecular weight is 252 g/mol. The first kappa shape index (κ1) is 14.3. The second-order valence-electron chi connectivity index (χ2n) is 4.37. The number of hydrogen-bond donors (Lipinski definition) is 2. The zero-order chi connectivity index (χ0) is 12.7. The standard InChI is InChI=1S/C11H19F3N2O/c12-11(13,14)6-2-4-8-16-10(17)9-5-1-3-7-15-9/h9,15H,1-8H2,(H,16,17)/t9-/m1/s1. The zero-order valence-electron chi connectivity index (χ0n) is 9.78. The molecule has 1 amide bonds. The number of amides is 1. The Morgan fingerprint density at radius 2 is 2.06 bits per heavy atom. The van der Waals surface area contributed by atoms with Gasteiger partial charge in [-0.25, -0.2) is 0 Å². The van der Waals surface area contributed by atoms with E-state index in [1.807, 2.05) is 0 Å². The van der Waals surface area contributed by atoms with E-state index in [1.54, 1.807) is 0 Å². The number of nitrogens with one attached hydrogen (secondary N) is 2. The van der Waals surface area contributed by atoms with Crippen LogP contribution in [0.1, 0.15) is 38.5 Å². The largest absolute Gasteiger partial charge is 0.389 e. The Bertz CT molecular complexity index is 237. The van der Waals surface area contributed by atoms with Gasteiger partial charge < -0.3 is 10.6 Å². The SMILES string of the molecule is O=C(NCCCCC(F)(F)F)[C@H]1CCCCN1. The normalized spacial score (nSPS) is 21.2. The first-order chi connectivity index (χ1) is 7.99. The van der Waals surface area contributed by atoms with Crippen LogP contribution in [0.3, 0.4) is 0 Å². The molecule has 17 heavy (non-hydrogen) atoms. The molecule has 0 unspecified atom stereocenters. The molecule has 6 heteroatoms. The Hall–Kier alpha value is -0.780. The van der Waals surface area contributed by atoms with Crippen LogP contribution in [0, 0.1) is 0 Å². The zero-order valence-corrected chi connectivity index (χ0v) is 9.78. The fraction of sp³-hybridized carbons (Fsp3) is 0.909. The molecule has 0 saturated carbocycles. The first-order valence-corrected chi connectivity index (χ1v) is 6.07. The molecule has 100 valence electrons. The summed E-state index contributed by atoms with van der Waals surface area (Å²) in [7, 11) is 0. The molecule has 2 N–H and O–H groups in total. The van der Waals surface area contributed by atoms with Crippen LogP contribution in [0.25, 0.3) is 0 Å². The van der Waals surface area contributed by atoms with Gasteiger partial charge in [0.2, 0.25) is 5.91 Å². The minimum Gasteiger partial charge on any atom is -0.355 e. The van der Waals surface area contributed by atoms with Crippen LogP contribution in [0.2, 0.25) is 0 Å². The molecular weight excluding hydrogens is 233 g/mol. The monoisotopic (exact) mass is 252 g/mol. The van der Waals surface area contributed by atoms with Crippen molar-refractivity contribution in [1.29, 1.82) is 0 Å². The number of alkyl halides is 3. The van der Waals surface area contributed by atoms with Gasteiger partial charge in [-0.1, -0.05) is 6.42 Å². The van der Waals surface area contributed by atoms with E-state index >= 15 is 0 Å². The molecule has 1 heterocycles. The quantitative estimate of drug-likeness (QED) is 0.735. The molecule has 0 spiro atoms. The van der Waals surface area contributed by atoms with Gasteiger partial charge in [-0.3, -0.25) is 4.79 Å². The van der Waals surface area contributed by atoms with Crippen LogP contribution in [-0.2, 0) is 4.79 Å². The average Bonchev–Trinajstić information content (AvgIpc) is 2.28. The van der Waals surface area contributed by atoms with Crippen molar-refractivity contribution in [2.75, 3.05) is 13.1 Å². The van der Waals surface area contributed by atoms with Gasteiger partial charge in [0.15, 0.2) is 0 Å². The van der Waals surface area contributed by atoms with Gasteiger partial charge in [0.25, 0.3) is 0 Å². The molecule has 1 aliphatic heterocycles. The van der Waals surface area contributed by atoms with E-state index in [4.69, 9.17) is 0 Å². The molecule has 0 aromatic rings. The lowest BCUT2D eigenvalue weighted by Crippen LogP contribution is -2.46. The summed E-state index contributed by atoms with van der Waals surface area (Å²) in [4.78, 5) is 11.6. The minimum atomic E-state index is -4.09. The summed E-state index contributed by atoms with van der Waals surface area (Å²) >= 11 is 0. The number of hydrogen-bond acceptors (Lipinski definition) is 2. The minimum absolute atomic E-state index is 0.0713. The third kappa shape index (κ3) is 6.51. The number of piperidine rings is 1. The Balaban J connectivity index is 2.04. The van der Waals surface area contributed by atoms with Gasteiger partial charge >= 0.3 is 6.18 Å². The van der Waals surface area contributed by atoms with E-state index in [1.165, 1.54) is 0 Å². The predicted octanol–water partition coefficient (Wildman–Crippen LogP) is 1.98. The highest BCUT2D eigenvalue weighted by atomic mass is 19.4. The van der Waals surface area contributed by atoms with Gasteiger partial charge in [0, 0.05) is 13.0 Å². The van der Waals surface area contributed by atoms with E-state index in [0.717, 1.165) is 25.8 Å². The molecule has 1 saturated heterocycles. The van der Waals surface area contributed by atoms with Gasteiger partial charge in [-0.15, -0.1) is 0 Å². The lowest BCUT2D eigenvalue weighted by atomic mass is 10.0. The lowest BCUT2D eigenvalue weighted by Gasteiger charge is -2.22. The van der Waals surface area contributed by atoms with Gasteiger partial charge in [-0.2, -0.15) is 13.2 Å². The topological polar surface area (TPSA) is 41.1 Å². The molecule has 0 bridgehead atoms. The molecular formula is C11H19F3N2O. The summed E-state index contributed by atoms with van der Waals surface area (Å²) in [6.07, 6.45) is -1.50. The van der Waals surface area contributed by atoms with Crippen LogP contribution in [-0.4, -0.2) is 31.2 Å². The molecule has 0 aromatic heterocycles. The summed E-state index contributed by atoms with van der Waals surface area (Å²) in [5.41, 5.74) is 0. The van der Waals surface area contributed by atoms with Crippen LogP contribution in [0.4, 0.5) is 13.2 Å². The predicted molar refractivity (Wildman–Crippen MR) is 58.6 cm³/mol. The van der Waals surface area contributed by atoms with Crippen LogP contribution in [0.15, 0.2) is 0 Å². The summed E-state index contributed by atoms with van der Waals surface area (Å²) in [6.45, 7) is 1.17. The summed E-state index contributed by atoms with van der Waals surface area (Å²) in [5.74, 6) is -0.0864. The molecule has 1 aliphatic rings. The van der Waals surface area contributed by atoms with Crippen LogP contribution < -0.4 is 10.6 Å². The molecule has 0 aromatic carbocycles. The van der Waals surface area contributed by atoms with Gasteiger partial charge in [-0.05, 0) is 32.2 Å². The Morgan fingerprint density at radius 1 is 1.29 bits per heavy atom. The molecule has 0 radical (unpaired) electrons. The van der Waals surface area contributed by atoms with Crippen molar-refractivity contribution in [3.05, 3.63) is 0 Å². The fourth-order valence-electron chi connectivity index (χ4n) is 1.86. The number of carbonyl (C=O) groups is 1. The highest BCUT2D eigenvalue weighted by molar-refractivity contribution is 5.81. The molecule has 1 atom stereocenters. The lowest BCUT2D eigenvalue weighted by molar-refractivity contribution is -0.135. The van der Waals surface area contributed by atoms with Gasteiger partial charge in [0.05, 0.1) is 6.04 Å². The Morgan fingerprint density at radius 3 is 2.65 bits per heavy atom. The highest BCUT2D eigenvalue weighted by Crippen LogP contribution is 2.21. The Kier molecular flexibility index (Phi) is 5.74.